The average molecular weight is 285 g/mol. The van der Waals surface area contributed by atoms with Crippen molar-refractivity contribution in [2.24, 2.45) is 0 Å². The fourth-order valence-corrected chi connectivity index (χ4v) is 1.15. The van der Waals surface area contributed by atoms with Crippen LogP contribution in [0.3, 0.4) is 0 Å². The molecule has 15 heavy (non-hydrogen) atoms. The number of ether oxygens (including phenoxy) is 2. The van der Waals surface area contributed by atoms with E-state index in [9.17, 15) is 13.2 Å². The van der Waals surface area contributed by atoms with Crippen molar-refractivity contribution in [1.82, 2.24) is 0 Å². The Morgan fingerprint density at radius 1 is 1.13 bits per heavy atom. The van der Waals surface area contributed by atoms with E-state index in [0.717, 1.165) is 0 Å². The summed E-state index contributed by atoms with van der Waals surface area (Å²) >= 11 is 3.04. The van der Waals surface area contributed by atoms with Gasteiger partial charge in [-0.15, -0.1) is 0 Å². The zero-order chi connectivity index (χ0) is 11.3. The van der Waals surface area contributed by atoms with E-state index in [-0.39, 0.29) is 11.3 Å². The third kappa shape index (κ3) is 4.92. The smallest absolute Gasteiger partial charge is 0.422 e. The van der Waals surface area contributed by atoms with Crippen molar-refractivity contribution in [3.63, 3.8) is 0 Å². The Morgan fingerprint density at radius 2 is 1.73 bits per heavy atom. The van der Waals surface area contributed by atoms with E-state index in [1.807, 2.05) is 0 Å². The van der Waals surface area contributed by atoms with Gasteiger partial charge in [0.15, 0.2) is 6.61 Å². The predicted octanol–water partition coefficient (Wildman–Crippen LogP) is 3.36. The highest BCUT2D eigenvalue weighted by Gasteiger charge is 2.28. The van der Waals surface area contributed by atoms with Crippen LogP contribution >= 0.6 is 15.9 Å². The van der Waals surface area contributed by atoms with Gasteiger partial charge in [0.05, 0.1) is 0 Å². The third-order valence-electron chi connectivity index (χ3n) is 1.43. The summed E-state index contributed by atoms with van der Waals surface area (Å²) in [4.78, 5) is 0. The van der Waals surface area contributed by atoms with E-state index in [1.54, 1.807) is 12.1 Å². The molecule has 0 N–H and O–H groups in total. The molecule has 0 amide bonds. The van der Waals surface area contributed by atoms with E-state index in [4.69, 9.17) is 4.74 Å². The molecular weight excluding hydrogens is 277 g/mol. The molecule has 0 bridgehead atoms. The van der Waals surface area contributed by atoms with Crippen LogP contribution < -0.4 is 9.47 Å². The zero-order valence-corrected chi connectivity index (χ0v) is 9.14. The number of hydrogen-bond donors (Lipinski definition) is 0. The van der Waals surface area contributed by atoms with Gasteiger partial charge in [-0.3, -0.25) is 0 Å². The summed E-state index contributed by atoms with van der Waals surface area (Å²) in [5, 5.41) is 0. The third-order valence-corrected chi connectivity index (χ3v) is 1.66. The molecule has 0 aliphatic carbocycles. The van der Waals surface area contributed by atoms with Gasteiger partial charge in [0.1, 0.15) is 17.0 Å². The van der Waals surface area contributed by atoms with Crippen LogP contribution in [0, 0.1) is 0 Å². The van der Waals surface area contributed by atoms with E-state index >= 15 is 0 Å². The van der Waals surface area contributed by atoms with E-state index in [1.165, 1.54) is 12.1 Å². The lowest BCUT2D eigenvalue weighted by atomic mass is 10.3. The minimum atomic E-state index is -4.33. The maximum atomic E-state index is 11.8. The van der Waals surface area contributed by atoms with Crippen LogP contribution in [0.5, 0.6) is 11.5 Å². The molecule has 0 radical (unpaired) electrons. The Hall–Kier alpha value is -0.910. The van der Waals surface area contributed by atoms with Gasteiger partial charge in [-0.2, -0.15) is 13.2 Å². The second-order valence-corrected chi connectivity index (χ2v) is 3.09. The fraction of sp³-hybridized carbons (Fsp3) is 0.333. The first-order chi connectivity index (χ1) is 7.01. The molecule has 0 spiro atoms. The van der Waals surface area contributed by atoms with Gasteiger partial charge < -0.3 is 9.47 Å². The summed E-state index contributed by atoms with van der Waals surface area (Å²) in [6.07, 6.45) is -4.33. The summed E-state index contributed by atoms with van der Waals surface area (Å²) in [6, 6.07) is 6.02. The predicted molar refractivity (Wildman–Crippen MR) is 52.4 cm³/mol. The molecule has 0 fully saturated rings. The Bertz CT molecular complexity index is 314. The zero-order valence-electron chi connectivity index (χ0n) is 7.55. The second-order valence-electron chi connectivity index (χ2n) is 2.63. The van der Waals surface area contributed by atoms with Gasteiger partial charge in [0.2, 0.25) is 0 Å². The Labute approximate surface area is 93.1 Å². The fourth-order valence-electron chi connectivity index (χ4n) is 0.882. The number of benzene rings is 1. The second kappa shape index (κ2) is 5.25. The SMILES string of the molecule is FC(F)(F)COc1cccc(OCBr)c1. The summed E-state index contributed by atoms with van der Waals surface area (Å²) in [6.45, 7) is -1.30. The van der Waals surface area contributed by atoms with Crippen LogP contribution in [0.25, 0.3) is 0 Å². The molecule has 1 rings (SSSR count). The van der Waals surface area contributed by atoms with Crippen LogP contribution in [-0.4, -0.2) is 18.3 Å². The van der Waals surface area contributed by atoms with Crippen LogP contribution in [0.4, 0.5) is 13.2 Å². The van der Waals surface area contributed by atoms with Crippen LogP contribution in [-0.2, 0) is 0 Å². The standard InChI is InChI=1S/C9H8BrF3O2/c10-6-15-8-3-1-2-7(4-8)14-5-9(11,12)13/h1-4H,5-6H2. The van der Waals surface area contributed by atoms with Crippen LogP contribution in [0.1, 0.15) is 0 Å². The molecule has 0 aliphatic rings. The van der Waals surface area contributed by atoms with E-state index in [0.29, 0.717) is 5.75 Å². The summed E-state index contributed by atoms with van der Waals surface area (Å²) in [5.74, 6) is 0.581. The van der Waals surface area contributed by atoms with Crippen molar-refractivity contribution in [2.75, 3.05) is 12.1 Å². The maximum absolute atomic E-state index is 11.8. The van der Waals surface area contributed by atoms with Gasteiger partial charge in [-0.25, -0.2) is 0 Å². The van der Waals surface area contributed by atoms with E-state index < -0.39 is 12.8 Å². The molecule has 1 aromatic rings. The molecule has 84 valence electrons. The van der Waals surface area contributed by atoms with Gasteiger partial charge in [-0.1, -0.05) is 6.07 Å². The lowest BCUT2D eigenvalue weighted by molar-refractivity contribution is -0.153. The van der Waals surface area contributed by atoms with Crippen molar-refractivity contribution in [1.29, 1.82) is 0 Å². The number of rotatable bonds is 4. The van der Waals surface area contributed by atoms with Gasteiger partial charge in [0, 0.05) is 6.07 Å². The minimum Gasteiger partial charge on any atom is -0.484 e. The molecule has 0 aliphatic heterocycles. The minimum absolute atomic E-state index is 0.130. The van der Waals surface area contributed by atoms with Gasteiger partial charge in [-0.05, 0) is 28.1 Å². The Balaban J connectivity index is 2.57. The topological polar surface area (TPSA) is 18.5 Å². The van der Waals surface area contributed by atoms with Crippen molar-refractivity contribution < 1.29 is 22.6 Å². The van der Waals surface area contributed by atoms with Gasteiger partial charge in [0.25, 0.3) is 0 Å². The lowest BCUT2D eigenvalue weighted by Gasteiger charge is -2.10. The summed E-state index contributed by atoms with van der Waals surface area (Å²) < 4.78 is 45.0. The number of halogens is 4. The quantitative estimate of drug-likeness (QED) is 0.790. The molecule has 2 nitrogen and oxygen atoms in total. The largest absolute Gasteiger partial charge is 0.484 e. The van der Waals surface area contributed by atoms with Crippen molar-refractivity contribution in [2.45, 2.75) is 6.18 Å². The molecule has 6 heteroatoms. The van der Waals surface area contributed by atoms with Crippen LogP contribution in [0.2, 0.25) is 0 Å². The Kier molecular flexibility index (Phi) is 4.26. The molecule has 0 aromatic heterocycles. The average Bonchev–Trinajstić information content (AvgIpc) is 2.15. The van der Waals surface area contributed by atoms with Crippen molar-refractivity contribution in [3.8, 4) is 11.5 Å². The first-order valence-electron chi connectivity index (χ1n) is 3.99. The first kappa shape index (κ1) is 12.2. The highest BCUT2D eigenvalue weighted by molar-refractivity contribution is 9.09. The molecule has 0 unspecified atom stereocenters. The first-order valence-corrected chi connectivity index (χ1v) is 5.12. The molecule has 0 heterocycles. The van der Waals surface area contributed by atoms with Crippen LogP contribution in [0.15, 0.2) is 24.3 Å². The monoisotopic (exact) mass is 284 g/mol. The highest BCUT2D eigenvalue weighted by atomic mass is 79.9. The van der Waals surface area contributed by atoms with Gasteiger partial charge >= 0.3 is 6.18 Å². The maximum Gasteiger partial charge on any atom is 0.422 e. The molecule has 0 saturated carbocycles. The highest BCUT2D eigenvalue weighted by Crippen LogP contribution is 2.22. The summed E-state index contributed by atoms with van der Waals surface area (Å²) in [5.41, 5.74) is 0.274. The normalized spacial score (nSPS) is 11.2. The number of alkyl halides is 4. The molecule has 0 atom stereocenters. The van der Waals surface area contributed by atoms with E-state index in [2.05, 4.69) is 20.7 Å². The van der Waals surface area contributed by atoms with Crippen molar-refractivity contribution in [3.05, 3.63) is 24.3 Å². The Morgan fingerprint density at radius 3 is 2.27 bits per heavy atom. The molecule has 1 aromatic carbocycles. The summed E-state index contributed by atoms with van der Waals surface area (Å²) in [7, 11) is 0. The lowest BCUT2D eigenvalue weighted by Crippen LogP contribution is -2.19. The molecular formula is C9H8BrF3O2. The van der Waals surface area contributed by atoms with Crippen molar-refractivity contribution >= 4 is 15.9 Å². The number of hydrogen-bond acceptors (Lipinski definition) is 2. The molecule has 0 saturated heterocycles.